The van der Waals surface area contributed by atoms with Crippen molar-refractivity contribution in [3.05, 3.63) is 29.7 Å². The van der Waals surface area contributed by atoms with Gasteiger partial charge in [0.2, 0.25) is 0 Å². The van der Waals surface area contributed by atoms with Crippen LogP contribution in [0.3, 0.4) is 0 Å². The van der Waals surface area contributed by atoms with Crippen LogP contribution in [0.15, 0.2) is 18.3 Å². The summed E-state index contributed by atoms with van der Waals surface area (Å²) in [7, 11) is 0. The number of ether oxygens (including phenoxy) is 3. The van der Waals surface area contributed by atoms with Crippen LogP contribution in [0.5, 0.6) is 5.75 Å². The van der Waals surface area contributed by atoms with Gasteiger partial charge in [0, 0.05) is 6.20 Å². The van der Waals surface area contributed by atoms with E-state index in [1.807, 2.05) is 6.92 Å². The Labute approximate surface area is 151 Å². The van der Waals surface area contributed by atoms with Gasteiger partial charge in [-0.3, -0.25) is 9.20 Å². The smallest absolute Gasteiger partial charge is 0.271 e. The highest BCUT2D eigenvalue weighted by molar-refractivity contribution is 5.95. The monoisotopic (exact) mass is 358 g/mol. The predicted molar refractivity (Wildman–Crippen MR) is 92.9 cm³/mol. The number of carbonyl (C=O) groups is 1. The molecule has 0 spiro atoms. The fraction of sp³-hybridized carbons (Fsp3) is 0.500. The lowest BCUT2D eigenvalue weighted by Gasteiger charge is -2.39. The highest BCUT2D eigenvalue weighted by atomic mass is 16.7. The SMILES string of the molecule is CCOc1cccn2c(C(=O)NC3(C#N)COC(C)(C)OC3)c(C)nc12. The van der Waals surface area contributed by atoms with Crippen molar-refractivity contribution in [1.82, 2.24) is 14.7 Å². The summed E-state index contributed by atoms with van der Waals surface area (Å²) in [6.45, 7) is 7.74. The molecule has 8 nitrogen and oxygen atoms in total. The molecule has 0 unspecified atom stereocenters. The maximum atomic E-state index is 12.9. The highest BCUT2D eigenvalue weighted by Crippen LogP contribution is 2.25. The Bertz CT molecular complexity index is 871. The number of nitrogens with zero attached hydrogens (tertiary/aromatic N) is 3. The number of carbonyl (C=O) groups excluding carboxylic acids is 1. The van der Waals surface area contributed by atoms with Gasteiger partial charge >= 0.3 is 0 Å². The van der Waals surface area contributed by atoms with Crippen molar-refractivity contribution in [2.24, 2.45) is 0 Å². The molecule has 0 saturated carbocycles. The van der Waals surface area contributed by atoms with E-state index >= 15 is 0 Å². The second-order valence-corrected chi connectivity index (χ2v) is 6.67. The van der Waals surface area contributed by atoms with Gasteiger partial charge in [0.1, 0.15) is 5.69 Å². The van der Waals surface area contributed by atoms with Gasteiger partial charge in [-0.2, -0.15) is 5.26 Å². The Morgan fingerprint density at radius 1 is 1.46 bits per heavy atom. The summed E-state index contributed by atoms with van der Waals surface area (Å²) >= 11 is 0. The van der Waals surface area contributed by atoms with E-state index in [0.29, 0.717) is 29.4 Å². The second-order valence-electron chi connectivity index (χ2n) is 6.67. The maximum Gasteiger partial charge on any atom is 0.271 e. The Kier molecular flexibility index (Phi) is 4.61. The van der Waals surface area contributed by atoms with Crippen molar-refractivity contribution in [3.63, 3.8) is 0 Å². The van der Waals surface area contributed by atoms with Crippen LogP contribution in [0.2, 0.25) is 0 Å². The summed E-state index contributed by atoms with van der Waals surface area (Å²) in [5, 5.41) is 12.3. The lowest BCUT2D eigenvalue weighted by Crippen LogP contribution is -2.60. The third-order valence-corrected chi connectivity index (χ3v) is 4.20. The topological polar surface area (TPSA) is 97.9 Å². The van der Waals surface area contributed by atoms with Crippen molar-refractivity contribution in [1.29, 1.82) is 5.26 Å². The second kappa shape index (κ2) is 6.59. The molecular formula is C18H22N4O4. The van der Waals surface area contributed by atoms with Crippen LogP contribution in [-0.2, 0) is 9.47 Å². The summed E-state index contributed by atoms with van der Waals surface area (Å²) in [6.07, 6.45) is 1.74. The number of aryl methyl sites for hydroxylation is 1. The molecule has 1 N–H and O–H groups in total. The summed E-state index contributed by atoms with van der Waals surface area (Å²) in [5.74, 6) is -0.605. The quantitative estimate of drug-likeness (QED) is 0.895. The number of hydrogen-bond acceptors (Lipinski definition) is 6. The number of rotatable bonds is 4. The molecule has 2 aromatic heterocycles. The van der Waals surface area contributed by atoms with Gasteiger partial charge in [-0.1, -0.05) is 0 Å². The third kappa shape index (κ3) is 3.23. The fourth-order valence-electron chi connectivity index (χ4n) is 2.82. The van der Waals surface area contributed by atoms with Crippen molar-refractivity contribution in [2.45, 2.75) is 39.0 Å². The lowest BCUT2D eigenvalue weighted by molar-refractivity contribution is -0.262. The molecule has 1 amide bonds. The molecule has 3 heterocycles. The van der Waals surface area contributed by atoms with Crippen LogP contribution in [0, 0.1) is 18.3 Å². The molecule has 1 aliphatic rings. The van der Waals surface area contributed by atoms with Gasteiger partial charge in [0.05, 0.1) is 31.6 Å². The third-order valence-electron chi connectivity index (χ3n) is 4.20. The van der Waals surface area contributed by atoms with Gasteiger partial charge in [-0.25, -0.2) is 4.98 Å². The van der Waals surface area contributed by atoms with Crippen molar-refractivity contribution in [3.8, 4) is 11.8 Å². The number of fused-ring (bicyclic) bond motifs is 1. The van der Waals surface area contributed by atoms with Crippen LogP contribution < -0.4 is 10.1 Å². The van der Waals surface area contributed by atoms with Gasteiger partial charge in [-0.05, 0) is 39.8 Å². The Morgan fingerprint density at radius 3 is 2.77 bits per heavy atom. The number of pyridine rings is 1. The number of amides is 1. The molecule has 2 aromatic rings. The first kappa shape index (κ1) is 18.2. The zero-order valence-corrected chi connectivity index (χ0v) is 15.3. The molecule has 138 valence electrons. The maximum absolute atomic E-state index is 12.9. The van der Waals surface area contributed by atoms with Crippen molar-refractivity contribution in [2.75, 3.05) is 19.8 Å². The number of hydrogen-bond donors (Lipinski definition) is 1. The minimum Gasteiger partial charge on any atom is -0.490 e. The predicted octanol–water partition coefficient (Wildman–Crippen LogP) is 1.82. The summed E-state index contributed by atoms with van der Waals surface area (Å²) in [5.41, 5.74) is 0.197. The number of aromatic nitrogens is 2. The Morgan fingerprint density at radius 2 is 2.15 bits per heavy atom. The lowest BCUT2D eigenvalue weighted by atomic mass is 10.0. The first-order chi connectivity index (χ1) is 12.3. The zero-order valence-electron chi connectivity index (χ0n) is 15.3. The first-order valence-electron chi connectivity index (χ1n) is 8.43. The summed E-state index contributed by atoms with van der Waals surface area (Å²) in [6, 6.07) is 5.69. The van der Waals surface area contributed by atoms with Gasteiger partial charge in [-0.15, -0.1) is 0 Å². The average molecular weight is 358 g/mol. The van der Waals surface area contributed by atoms with Gasteiger partial charge < -0.3 is 19.5 Å². The van der Waals surface area contributed by atoms with Crippen LogP contribution in [0.1, 0.15) is 37.0 Å². The van der Waals surface area contributed by atoms with E-state index in [4.69, 9.17) is 14.2 Å². The molecule has 0 aliphatic carbocycles. The van der Waals surface area contributed by atoms with Crippen LogP contribution in [0.25, 0.3) is 5.65 Å². The van der Waals surface area contributed by atoms with Crippen LogP contribution in [0.4, 0.5) is 0 Å². The zero-order chi connectivity index (χ0) is 18.9. The van der Waals surface area contributed by atoms with E-state index in [1.54, 1.807) is 43.5 Å². The molecule has 8 heteroatoms. The minimum atomic E-state index is -1.25. The molecule has 0 atom stereocenters. The van der Waals surface area contributed by atoms with Crippen LogP contribution in [-0.4, -0.2) is 46.4 Å². The molecule has 26 heavy (non-hydrogen) atoms. The standard InChI is InChI=1S/C18H22N4O4/c1-5-24-13-7-6-8-22-14(12(2)20-15(13)22)16(23)21-18(9-19)10-25-17(3,4)26-11-18/h6-8H,5,10-11H2,1-4H3,(H,21,23). The fourth-order valence-corrected chi connectivity index (χ4v) is 2.82. The molecule has 3 rings (SSSR count). The highest BCUT2D eigenvalue weighted by Gasteiger charge is 2.42. The summed E-state index contributed by atoms with van der Waals surface area (Å²) < 4.78 is 18.4. The van der Waals surface area contributed by atoms with Crippen molar-refractivity contribution < 1.29 is 19.0 Å². The van der Waals surface area contributed by atoms with E-state index in [-0.39, 0.29) is 13.2 Å². The van der Waals surface area contributed by atoms with Gasteiger partial charge in [0.25, 0.3) is 5.91 Å². The number of nitrogens with one attached hydrogen (secondary N) is 1. The molecule has 0 bridgehead atoms. The van der Waals surface area contributed by atoms with E-state index in [9.17, 15) is 10.1 Å². The largest absolute Gasteiger partial charge is 0.490 e. The number of imidazole rings is 1. The summed E-state index contributed by atoms with van der Waals surface area (Å²) in [4.78, 5) is 17.4. The molecule has 0 aromatic carbocycles. The van der Waals surface area contributed by atoms with Crippen LogP contribution >= 0.6 is 0 Å². The molecule has 0 radical (unpaired) electrons. The number of nitriles is 1. The van der Waals surface area contributed by atoms with Crippen molar-refractivity contribution >= 4 is 11.6 Å². The average Bonchev–Trinajstić information content (AvgIpc) is 2.94. The first-order valence-corrected chi connectivity index (χ1v) is 8.43. The van der Waals surface area contributed by atoms with E-state index in [1.165, 1.54) is 0 Å². The van der Waals surface area contributed by atoms with Gasteiger partial charge in [0.15, 0.2) is 22.7 Å². The normalized spacial score (nSPS) is 18.3. The van der Waals surface area contributed by atoms with E-state index < -0.39 is 17.2 Å². The molecule has 1 aliphatic heterocycles. The minimum absolute atomic E-state index is 0.0439. The Balaban J connectivity index is 1.92. The van der Waals surface area contributed by atoms with E-state index in [2.05, 4.69) is 16.4 Å². The van der Waals surface area contributed by atoms with E-state index in [0.717, 1.165) is 0 Å². The Hall–Kier alpha value is -2.63. The molecule has 1 saturated heterocycles. The molecule has 1 fully saturated rings. The molecular weight excluding hydrogens is 336 g/mol.